The van der Waals surface area contributed by atoms with E-state index in [4.69, 9.17) is 5.11 Å². The van der Waals surface area contributed by atoms with Crippen molar-refractivity contribution in [1.29, 1.82) is 0 Å². The fourth-order valence-corrected chi connectivity index (χ4v) is 1.16. The normalized spacial score (nSPS) is 14.9. The van der Waals surface area contributed by atoms with Crippen molar-refractivity contribution >= 4 is 5.97 Å². The molecule has 0 aliphatic rings. The summed E-state index contributed by atoms with van der Waals surface area (Å²) in [6.45, 7) is 4.72. The monoisotopic (exact) mass is 203 g/mol. The molecule has 4 nitrogen and oxygen atoms in total. The second-order valence-electron chi connectivity index (χ2n) is 3.60. The Morgan fingerprint density at radius 3 is 2.64 bits per heavy atom. The number of carbonyl (C=O) groups excluding carboxylic acids is 1. The highest BCUT2D eigenvalue weighted by Gasteiger charge is 2.13. The summed E-state index contributed by atoms with van der Waals surface area (Å²) in [5.41, 5.74) is 0. The van der Waals surface area contributed by atoms with E-state index < -0.39 is 0 Å². The molecule has 0 aromatic heterocycles. The summed E-state index contributed by atoms with van der Waals surface area (Å²) in [6.07, 6.45) is 1.71. The van der Waals surface area contributed by atoms with Crippen LogP contribution in [0.5, 0.6) is 0 Å². The van der Waals surface area contributed by atoms with E-state index in [1.54, 1.807) is 0 Å². The predicted octanol–water partition coefficient (Wildman–Crippen LogP) is 0.546. The van der Waals surface area contributed by atoms with Crippen LogP contribution in [-0.2, 0) is 9.53 Å². The molecule has 0 radical (unpaired) electrons. The van der Waals surface area contributed by atoms with Crippen LogP contribution in [0.3, 0.4) is 0 Å². The molecule has 0 heterocycles. The van der Waals surface area contributed by atoms with Crippen LogP contribution in [0.4, 0.5) is 0 Å². The minimum absolute atomic E-state index is 0.114. The Bertz CT molecular complexity index is 161. The van der Waals surface area contributed by atoms with Crippen molar-refractivity contribution in [2.45, 2.75) is 32.7 Å². The van der Waals surface area contributed by atoms with Gasteiger partial charge in [0.05, 0.1) is 13.0 Å². The number of methoxy groups -OCH3 is 1. The molecule has 0 fully saturated rings. The third-order valence-electron chi connectivity index (χ3n) is 2.17. The second kappa shape index (κ2) is 7.76. The number of aliphatic hydroxyl groups excluding tert-OH is 1. The summed E-state index contributed by atoms with van der Waals surface area (Å²) < 4.78 is 4.61. The molecule has 0 bridgehead atoms. The zero-order chi connectivity index (χ0) is 11.0. The number of carbonyl (C=O) groups is 1. The van der Waals surface area contributed by atoms with Crippen LogP contribution in [0.1, 0.15) is 26.7 Å². The van der Waals surface area contributed by atoms with Crippen LogP contribution in [0.25, 0.3) is 0 Å². The van der Waals surface area contributed by atoms with Gasteiger partial charge in [-0.25, -0.2) is 0 Å². The van der Waals surface area contributed by atoms with Gasteiger partial charge in [0.1, 0.15) is 0 Å². The molecule has 84 valence electrons. The number of hydrogen-bond donors (Lipinski definition) is 2. The van der Waals surface area contributed by atoms with Crippen LogP contribution in [0.2, 0.25) is 0 Å². The van der Waals surface area contributed by atoms with Crippen molar-refractivity contribution in [3.63, 3.8) is 0 Å². The molecule has 2 N–H and O–H groups in total. The van der Waals surface area contributed by atoms with Crippen LogP contribution in [0, 0.1) is 5.92 Å². The van der Waals surface area contributed by atoms with Gasteiger partial charge in [-0.15, -0.1) is 0 Å². The maximum Gasteiger partial charge on any atom is 0.309 e. The highest BCUT2D eigenvalue weighted by Crippen LogP contribution is 1.99. The molecule has 0 rings (SSSR count). The average Bonchev–Trinajstić information content (AvgIpc) is 2.21. The van der Waals surface area contributed by atoms with Gasteiger partial charge in [0.2, 0.25) is 0 Å². The number of nitrogens with one attached hydrogen (secondary N) is 1. The minimum atomic E-state index is -0.188. The number of rotatable bonds is 7. The van der Waals surface area contributed by atoms with Gasteiger partial charge < -0.3 is 15.2 Å². The van der Waals surface area contributed by atoms with Crippen LogP contribution in [0.15, 0.2) is 0 Å². The average molecular weight is 203 g/mol. The molecule has 0 spiro atoms. The fraction of sp³-hybridized carbons (Fsp3) is 0.900. The first-order valence-corrected chi connectivity index (χ1v) is 5.03. The Hall–Kier alpha value is -0.610. The third-order valence-corrected chi connectivity index (χ3v) is 2.17. The molecule has 4 heteroatoms. The predicted molar refractivity (Wildman–Crippen MR) is 55.0 cm³/mol. The van der Waals surface area contributed by atoms with Gasteiger partial charge in [-0.3, -0.25) is 4.79 Å². The lowest BCUT2D eigenvalue weighted by Gasteiger charge is -2.15. The van der Waals surface area contributed by atoms with Gasteiger partial charge in [0.15, 0.2) is 0 Å². The molecule has 0 amide bonds. The molecule has 2 unspecified atom stereocenters. The molecular weight excluding hydrogens is 182 g/mol. The molecule has 2 atom stereocenters. The lowest BCUT2D eigenvalue weighted by Crippen LogP contribution is -2.33. The summed E-state index contributed by atoms with van der Waals surface area (Å²) in [5.74, 6) is -0.302. The van der Waals surface area contributed by atoms with Gasteiger partial charge >= 0.3 is 5.97 Å². The first-order chi connectivity index (χ1) is 6.61. The summed E-state index contributed by atoms with van der Waals surface area (Å²) >= 11 is 0. The number of esters is 1. The summed E-state index contributed by atoms with van der Waals surface area (Å²) in [6, 6.07) is 0.328. The van der Waals surface area contributed by atoms with Crippen LogP contribution in [-0.4, -0.2) is 37.4 Å². The summed E-state index contributed by atoms with van der Waals surface area (Å²) in [5, 5.41) is 11.8. The Morgan fingerprint density at radius 2 is 2.14 bits per heavy atom. The SMILES string of the molecule is COC(=O)C(C)CNC(C)CCCO. The molecule has 0 aromatic carbocycles. The Labute approximate surface area is 85.6 Å². The minimum Gasteiger partial charge on any atom is -0.469 e. The summed E-state index contributed by atoms with van der Waals surface area (Å²) in [4.78, 5) is 11.0. The van der Waals surface area contributed by atoms with E-state index in [1.165, 1.54) is 7.11 Å². The van der Waals surface area contributed by atoms with E-state index in [0.29, 0.717) is 12.6 Å². The lowest BCUT2D eigenvalue weighted by molar-refractivity contribution is -0.144. The lowest BCUT2D eigenvalue weighted by atomic mass is 10.1. The van der Waals surface area contributed by atoms with E-state index >= 15 is 0 Å². The maximum absolute atomic E-state index is 11.0. The van der Waals surface area contributed by atoms with Crippen molar-refractivity contribution in [3.8, 4) is 0 Å². The highest BCUT2D eigenvalue weighted by molar-refractivity contribution is 5.72. The maximum atomic E-state index is 11.0. The number of hydrogen-bond acceptors (Lipinski definition) is 4. The Balaban J connectivity index is 3.55. The zero-order valence-electron chi connectivity index (χ0n) is 9.25. The summed E-state index contributed by atoms with van der Waals surface area (Å²) in [7, 11) is 1.40. The molecule has 0 aliphatic heterocycles. The van der Waals surface area contributed by atoms with E-state index in [-0.39, 0.29) is 18.5 Å². The van der Waals surface area contributed by atoms with Crippen molar-refractivity contribution in [2.24, 2.45) is 5.92 Å². The fourth-order valence-electron chi connectivity index (χ4n) is 1.16. The van der Waals surface area contributed by atoms with Crippen LogP contribution >= 0.6 is 0 Å². The van der Waals surface area contributed by atoms with Gasteiger partial charge in [-0.05, 0) is 19.8 Å². The molecule has 14 heavy (non-hydrogen) atoms. The molecular formula is C10H21NO3. The topological polar surface area (TPSA) is 58.6 Å². The largest absolute Gasteiger partial charge is 0.469 e. The third kappa shape index (κ3) is 5.94. The quantitative estimate of drug-likeness (QED) is 0.593. The standard InChI is InChI=1S/C10H21NO3/c1-8(10(13)14-3)7-11-9(2)5-4-6-12/h8-9,11-12H,4-7H2,1-3H3. The van der Waals surface area contributed by atoms with Crippen LogP contribution < -0.4 is 5.32 Å². The van der Waals surface area contributed by atoms with Crippen molar-refractivity contribution in [2.75, 3.05) is 20.3 Å². The van der Waals surface area contributed by atoms with Gasteiger partial charge in [0.25, 0.3) is 0 Å². The first kappa shape index (κ1) is 13.4. The van der Waals surface area contributed by atoms with Gasteiger partial charge in [0, 0.05) is 19.2 Å². The van der Waals surface area contributed by atoms with Gasteiger partial charge in [-0.1, -0.05) is 6.92 Å². The Kier molecular flexibility index (Phi) is 7.42. The van der Waals surface area contributed by atoms with E-state index in [9.17, 15) is 4.79 Å². The molecule has 0 aromatic rings. The van der Waals surface area contributed by atoms with E-state index in [2.05, 4.69) is 10.1 Å². The van der Waals surface area contributed by atoms with E-state index in [0.717, 1.165) is 12.8 Å². The zero-order valence-corrected chi connectivity index (χ0v) is 9.25. The smallest absolute Gasteiger partial charge is 0.309 e. The molecule has 0 aliphatic carbocycles. The Morgan fingerprint density at radius 1 is 1.50 bits per heavy atom. The van der Waals surface area contributed by atoms with Crippen molar-refractivity contribution in [3.05, 3.63) is 0 Å². The van der Waals surface area contributed by atoms with Gasteiger partial charge in [-0.2, -0.15) is 0 Å². The molecule has 0 saturated carbocycles. The molecule has 0 saturated heterocycles. The van der Waals surface area contributed by atoms with Crippen molar-refractivity contribution in [1.82, 2.24) is 5.32 Å². The first-order valence-electron chi connectivity index (χ1n) is 5.03. The second-order valence-corrected chi connectivity index (χ2v) is 3.60. The number of ether oxygens (including phenoxy) is 1. The van der Waals surface area contributed by atoms with E-state index in [1.807, 2.05) is 13.8 Å². The highest BCUT2D eigenvalue weighted by atomic mass is 16.5. The number of aliphatic hydroxyl groups is 1. The van der Waals surface area contributed by atoms with Crippen molar-refractivity contribution < 1.29 is 14.6 Å².